The number of Topliss-reactive ketones (excluding diaryl/α,β-unsaturated/α-hetero) is 2. The standard InChI is InChI=1S/C18H22O5/c1-7(19)15-9-3-4-10(16(15)8(2)20)12-6-14-13(5-11(9)12)17(21)23-18(14)22/h9-16H,3-6H2,1-2H3. The third kappa shape index (κ3) is 1.98. The van der Waals surface area contributed by atoms with Gasteiger partial charge < -0.3 is 4.74 Å². The molecule has 1 saturated heterocycles. The zero-order valence-corrected chi connectivity index (χ0v) is 13.5. The van der Waals surface area contributed by atoms with Crippen molar-refractivity contribution in [3.05, 3.63) is 0 Å². The summed E-state index contributed by atoms with van der Waals surface area (Å²) in [4.78, 5) is 48.3. The summed E-state index contributed by atoms with van der Waals surface area (Å²) >= 11 is 0. The molecule has 0 N–H and O–H groups in total. The van der Waals surface area contributed by atoms with Gasteiger partial charge in [-0.25, -0.2) is 0 Å². The summed E-state index contributed by atoms with van der Waals surface area (Å²) in [6.45, 7) is 3.19. The molecule has 4 saturated carbocycles. The summed E-state index contributed by atoms with van der Waals surface area (Å²) in [6.07, 6.45) is 3.21. The Morgan fingerprint density at radius 1 is 0.783 bits per heavy atom. The van der Waals surface area contributed by atoms with Gasteiger partial charge in [0.15, 0.2) is 0 Å². The van der Waals surface area contributed by atoms with E-state index in [1.165, 1.54) is 0 Å². The average Bonchev–Trinajstić information content (AvgIpc) is 2.79. The number of cyclic esters (lactones) is 2. The van der Waals surface area contributed by atoms with Crippen LogP contribution in [0, 0.1) is 47.3 Å². The predicted octanol–water partition coefficient (Wildman–Crippen LogP) is 1.78. The van der Waals surface area contributed by atoms with Gasteiger partial charge in [-0.3, -0.25) is 19.2 Å². The predicted molar refractivity (Wildman–Crippen MR) is 78.8 cm³/mol. The number of fused-ring (bicyclic) bond motifs is 3. The summed E-state index contributed by atoms with van der Waals surface area (Å²) in [5, 5.41) is 0. The maximum absolute atomic E-state index is 12.2. The fourth-order valence-corrected chi connectivity index (χ4v) is 6.37. The van der Waals surface area contributed by atoms with Crippen molar-refractivity contribution in [3.63, 3.8) is 0 Å². The van der Waals surface area contributed by atoms with E-state index in [2.05, 4.69) is 0 Å². The molecule has 23 heavy (non-hydrogen) atoms. The van der Waals surface area contributed by atoms with Crippen LogP contribution in [0.1, 0.15) is 39.5 Å². The molecular formula is C18H22O5. The number of hydrogen-bond acceptors (Lipinski definition) is 5. The van der Waals surface area contributed by atoms with Crippen LogP contribution in [-0.2, 0) is 23.9 Å². The normalized spacial score (nSPS) is 47.7. The Balaban J connectivity index is 1.70. The van der Waals surface area contributed by atoms with Gasteiger partial charge in [0, 0.05) is 11.8 Å². The first-order valence-corrected chi connectivity index (χ1v) is 8.66. The van der Waals surface area contributed by atoms with Crippen LogP contribution in [0.25, 0.3) is 0 Å². The second-order valence-corrected chi connectivity index (χ2v) is 7.93. The lowest BCUT2D eigenvalue weighted by Crippen LogP contribution is -2.57. The first-order valence-electron chi connectivity index (χ1n) is 8.66. The molecule has 0 aromatic rings. The zero-order chi connectivity index (χ0) is 16.5. The van der Waals surface area contributed by atoms with Crippen LogP contribution in [0.2, 0.25) is 0 Å². The molecule has 5 heteroatoms. The van der Waals surface area contributed by atoms with E-state index in [9.17, 15) is 19.2 Å². The highest BCUT2D eigenvalue weighted by Crippen LogP contribution is 2.61. The summed E-state index contributed by atoms with van der Waals surface area (Å²) in [5.74, 6) is -0.703. The first kappa shape index (κ1) is 15.0. The lowest BCUT2D eigenvalue weighted by Gasteiger charge is -2.58. The molecule has 0 aromatic carbocycles. The number of hydrogen-bond donors (Lipinski definition) is 0. The number of carbonyl (C=O) groups excluding carboxylic acids is 4. The SMILES string of the molecule is CC(=O)C1C2CCC(C3CC4C(=O)OC(=O)C4CC32)C1C(C)=O. The molecule has 0 radical (unpaired) electrons. The van der Waals surface area contributed by atoms with Gasteiger partial charge in [-0.1, -0.05) is 0 Å². The Morgan fingerprint density at radius 2 is 1.17 bits per heavy atom. The molecule has 5 rings (SSSR count). The molecule has 2 bridgehead atoms. The third-order valence-corrected chi connectivity index (χ3v) is 7.08. The number of esters is 2. The van der Waals surface area contributed by atoms with Crippen LogP contribution in [0.4, 0.5) is 0 Å². The summed E-state index contributed by atoms with van der Waals surface area (Å²) in [6, 6.07) is 0. The quantitative estimate of drug-likeness (QED) is 0.573. The maximum Gasteiger partial charge on any atom is 0.317 e. The Morgan fingerprint density at radius 3 is 1.52 bits per heavy atom. The first-order chi connectivity index (χ1) is 10.9. The fraction of sp³-hybridized carbons (Fsp3) is 0.778. The molecule has 1 aliphatic heterocycles. The lowest BCUT2D eigenvalue weighted by atomic mass is 9.44. The molecule has 0 spiro atoms. The molecule has 124 valence electrons. The van der Waals surface area contributed by atoms with Gasteiger partial charge in [0.2, 0.25) is 0 Å². The van der Waals surface area contributed by atoms with Crippen LogP contribution in [0.15, 0.2) is 0 Å². The Labute approximate surface area is 135 Å². The molecule has 5 fully saturated rings. The molecule has 4 aliphatic carbocycles. The van der Waals surface area contributed by atoms with E-state index in [1.54, 1.807) is 13.8 Å². The van der Waals surface area contributed by atoms with Crippen molar-refractivity contribution >= 4 is 23.5 Å². The maximum atomic E-state index is 12.2. The smallest absolute Gasteiger partial charge is 0.317 e. The van der Waals surface area contributed by atoms with Crippen molar-refractivity contribution in [3.8, 4) is 0 Å². The molecule has 8 unspecified atom stereocenters. The summed E-state index contributed by atoms with van der Waals surface area (Å²) in [7, 11) is 0. The molecule has 0 aromatic heterocycles. The van der Waals surface area contributed by atoms with E-state index in [4.69, 9.17) is 4.74 Å². The van der Waals surface area contributed by atoms with Crippen LogP contribution in [-0.4, -0.2) is 23.5 Å². The summed E-state index contributed by atoms with van der Waals surface area (Å²) < 4.78 is 4.84. The number of carbonyl (C=O) groups is 4. The van der Waals surface area contributed by atoms with Gasteiger partial charge in [0.25, 0.3) is 0 Å². The third-order valence-electron chi connectivity index (χ3n) is 7.08. The summed E-state index contributed by atoms with van der Waals surface area (Å²) in [5.41, 5.74) is 0. The highest BCUT2D eigenvalue weighted by Gasteiger charge is 2.61. The molecule has 5 nitrogen and oxygen atoms in total. The van der Waals surface area contributed by atoms with Crippen molar-refractivity contribution in [1.29, 1.82) is 0 Å². The van der Waals surface area contributed by atoms with Gasteiger partial charge in [-0.2, -0.15) is 0 Å². The van der Waals surface area contributed by atoms with E-state index >= 15 is 0 Å². The van der Waals surface area contributed by atoms with Crippen LogP contribution in [0.3, 0.4) is 0 Å². The lowest BCUT2D eigenvalue weighted by molar-refractivity contribution is -0.159. The minimum atomic E-state index is -0.387. The van der Waals surface area contributed by atoms with Gasteiger partial charge >= 0.3 is 11.9 Å². The largest absolute Gasteiger partial charge is 0.393 e. The highest BCUT2D eigenvalue weighted by molar-refractivity contribution is 5.96. The van der Waals surface area contributed by atoms with Crippen molar-refractivity contribution in [2.45, 2.75) is 39.5 Å². The second kappa shape index (κ2) is 4.99. The molecule has 8 atom stereocenters. The van der Waals surface area contributed by atoms with E-state index in [-0.39, 0.29) is 70.8 Å². The van der Waals surface area contributed by atoms with Crippen molar-refractivity contribution < 1.29 is 23.9 Å². The van der Waals surface area contributed by atoms with Gasteiger partial charge in [0.1, 0.15) is 11.6 Å². The fourth-order valence-electron chi connectivity index (χ4n) is 6.37. The van der Waals surface area contributed by atoms with E-state index in [0.717, 1.165) is 12.8 Å². The molecule has 1 heterocycles. The monoisotopic (exact) mass is 318 g/mol. The van der Waals surface area contributed by atoms with Crippen LogP contribution >= 0.6 is 0 Å². The van der Waals surface area contributed by atoms with Crippen LogP contribution < -0.4 is 0 Å². The Kier molecular flexibility index (Phi) is 3.26. The number of ketones is 2. The van der Waals surface area contributed by atoms with E-state index in [0.29, 0.717) is 12.8 Å². The minimum Gasteiger partial charge on any atom is -0.393 e. The topological polar surface area (TPSA) is 77.5 Å². The number of ether oxygens (including phenoxy) is 1. The van der Waals surface area contributed by atoms with Gasteiger partial charge in [-0.05, 0) is 63.2 Å². The van der Waals surface area contributed by atoms with Crippen molar-refractivity contribution in [1.82, 2.24) is 0 Å². The number of rotatable bonds is 2. The molecule has 5 aliphatic rings. The Bertz CT molecular complexity index is 557. The van der Waals surface area contributed by atoms with Crippen LogP contribution in [0.5, 0.6) is 0 Å². The van der Waals surface area contributed by atoms with Gasteiger partial charge in [0.05, 0.1) is 11.8 Å². The minimum absolute atomic E-state index is 0.102. The van der Waals surface area contributed by atoms with E-state index in [1.807, 2.05) is 0 Å². The second-order valence-electron chi connectivity index (χ2n) is 7.93. The molecular weight excluding hydrogens is 296 g/mol. The van der Waals surface area contributed by atoms with Gasteiger partial charge in [-0.15, -0.1) is 0 Å². The van der Waals surface area contributed by atoms with Crippen molar-refractivity contribution in [2.75, 3.05) is 0 Å². The molecule has 0 amide bonds. The average molecular weight is 318 g/mol. The Hall–Kier alpha value is -1.52. The highest BCUT2D eigenvalue weighted by atomic mass is 16.6. The van der Waals surface area contributed by atoms with Crippen molar-refractivity contribution in [2.24, 2.45) is 47.3 Å². The van der Waals surface area contributed by atoms with E-state index < -0.39 is 0 Å². The zero-order valence-electron chi connectivity index (χ0n) is 13.5.